The number of aliphatic hydroxyl groups is 1. The lowest BCUT2D eigenvalue weighted by molar-refractivity contribution is 0.0139. The molecule has 31 heavy (non-hydrogen) atoms. The van der Waals surface area contributed by atoms with E-state index in [-0.39, 0.29) is 34.9 Å². The second kappa shape index (κ2) is 7.86. The maximum Gasteiger partial charge on any atom is 0.277 e. The second-order valence-electron chi connectivity index (χ2n) is 7.72. The molecule has 1 amide bonds. The van der Waals surface area contributed by atoms with E-state index in [1.165, 1.54) is 23.6 Å². The summed E-state index contributed by atoms with van der Waals surface area (Å²) in [6.45, 7) is 0.0438. The topological polar surface area (TPSA) is 121 Å². The Morgan fingerprint density at radius 2 is 2.06 bits per heavy atom. The highest BCUT2D eigenvalue weighted by Crippen LogP contribution is 2.35. The van der Waals surface area contributed by atoms with Crippen molar-refractivity contribution in [2.24, 2.45) is 13.0 Å². The molecule has 11 heteroatoms. The Hall–Kier alpha value is -3.10. The number of pyridine rings is 1. The maximum atomic E-state index is 12.8. The lowest BCUT2D eigenvalue weighted by Gasteiger charge is -2.37. The van der Waals surface area contributed by atoms with Gasteiger partial charge in [0.15, 0.2) is 11.5 Å². The van der Waals surface area contributed by atoms with Gasteiger partial charge in [0, 0.05) is 32.9 Å². The molecular formula is C20H24N6O4S. The van der Waals surface area contributed by atoms with Gasteiger partial charge in [-0.25, -0.2) is 13.4 Å². The number of imidazole rings is 1. The average Bonchev–Trinajstić information content (AvgIpc) is 3.47. The Bertz CT molecular complexity index is 1190. The Kier molecular flexibility index (Phi) is 5.36. The van der Waals surface area contributed by atoms with Crippen LogP contribution in [0.15, 0.2) is 23.5 Å². The molecule has 1 unspecified atom stereocenters. The number of sulfone groups is 1. The van der Waals surface area contributed by atoms with Crippen molar-refractivity contribution >= 4 is 27.4 Å². The van der Waals surface area contributed by atoms with Gasteiger partial charge in [0.05, 0.1) is 12.3 Å². The van der Waals surface area contributed by atoms with Crippen molar-refractivity contribution in [1.82, 2.24) is 19.4 Å². The number of hydrogen-bond donors (Lipinski definition) is 2. The zero-order valence-electron chi connectivity index (χ0n) is 17.5. The Morgan fingerprint density at radius 1 is 1.32 bits per heavy atom. The molecule has 2 N–H and O–H groups in total. The van der Waals surface area contributed by atoms with E-state index in [1.54, 1.807) is 25.4 Å². The molecule has 0 spiro atoms. The Labute approximate surface area is 180 Å². The van der Waals surface area contributed by atoms with Gasteiger partial charge in [0.1, 0.15) is 5.82 Å². The van der Waals surface area contributed by atoms with Crippen molar-refractivity contribution in [3.63, 3.8) is 0 Å². The molecule has 0 saturated heterocycles. The number of aliphatic hydroxyl groups excluding tert-OH is 1. The first-order valence-electron chi connectivity index (χ1n) is 9.87. The van der Waals surface area contributed by atoms with Crippen molar-refractivity contribution in [2.45, 2.75) is 24.3 Å². The average molecular weight is 445 g/mol. The maximum absolute atomic E-state index is 12.8. The molecule has 4 rings (SSSR count). The minimum absolute atomic E-state index is 0.0129. The smallest absolute Gasteiger partial charge is 0.277 e. The monoisotopic (exact) mass is 444 g/mol. The number of rotatable bonds is 5. The van der Waals surface area contributed by atoms with Crippen LogP contribution in [-0.4, -0.2) is 71.6 Å². The lowest BCUT2D eigenvalue weighted by atomic mass is 10.2. The molecule has 0 radical (unpaired) electrons. The normalized spacial score (nSPS) is 18.5. The van der Waals surface area contributed by atoms with Crippen LogP contribution in [0.5, 0.6) is 0 Å². The summed E-state index contributed by atoms with van der Waals surface area (Å²) in [7, 11) is 1.06. The number of carbonyl (C=O) groups excluding carboxylic acids is 1. The highest BCUT2D eigenvalue weighted by Gasteiger charge is 2.41. The highest BCUT2D eigenvalue weighted by molar-refractivity contribution is 7.91. The fourth-order valence-corrected chi connectivity index (χ4v) is 5.31. The van der Waals surface area contributed by atoms with E-state index in [0.29, 0.717) is 5.82 Å². The Morgan fingerprint density at radius 3 is 2.74 bits per heavy atom. The third-order valence-electron chi connectivity index (χ3n) is 5.38. The third kappa shape index (κ3) is 3.96. The highest BCUT2D eigenvalue weighted by atomic mass is 32.2. The molecule has 0 aromatic carbocycles. The van der Waals surface area contributed by atoms with Gasteiger partial charge in [-0.05, 0) is 30.9 Å². The molecule has 3 heterocycles. The van der Waals surface area contributed by atoms with Crippen LogP contribution in [0, 0.1) is 17.8 Å². The van der Waals surface area contributed by atoms with E-state index in [2.05, 4.69) is 27.1 Å². The van der Waals surface area contributed by atoms with E-state index in [0.717, 1.165) is 23.3 Å². The first kappa shape index (κ1) is 21.1. The number of hydrogen-bond acceptors (Lipinski definition) is 8. The molecule has 2 aromatic rings. The summed E-state index contributed by atoms with van der Waals surface area (Å²) in [5.41, 5.74) is 0.842. The van der Waals surface area contributed by atoms with Gasteiger partial charge >= 0.3 is 0 Å². The number of aromatic nitrogens is 3. The summed E-state index contributed by atoms with van der Waals surface area (Å²) in [4.78, 5) is 23.7. The summed E-state index contributed by atoms with van der Waals surface area (Å²) in [6, 6.07) is 3.54. The summed E-state index contributed by atoms with van der Waals surface area (Å²) >= 11 is 0. The molecule has 2 aromatic heterocycles. The molecule has 0 bridgehead atoms. The molecule has 1 aliphatic carbocycles. The second-order valence-corrected chi connectivity index (χ2v) is 9.65. The quantitative estimate of drug-likeness (QED) is 0.630. The van der Waals surface area contributed by atoms with E-state index >= 15 is 0 Å². The van der Waals surface area contributed by atoms with Crippen LogP contribution in [0.4, 0.5) is 11.6 Å². The van der Waals surface area contributed by atoms with Crippen LogP contribution < -0.4 is 10.2 Å². The molecule has 1 aliphatic heterocycles. The van der Waals surface area contributed by atoms with Gasteiger partial charge < -0.3 is 19.9 Å². The molecule has 1 atom stereocenters. The van der Waals surface area contributed by atoms with Crippen molar-refractivity contribution in [3.8, 4) is 11.8 Å². The van der Waals surface area contributed by atoms with Crippen molar-refractivity contribution in [2.75, 3.05) is 36.6 Å². The minimum atomic E-state index is -3.65. The predicted molar refractivity (Wildman–Crippen MR) is 114 cm³/mol. The van der Waals surface area contributed by atoms with Crippen LogP contribution in [-0.2, 0) is 16.9 Å². The molecule has 164 valence electrons. The largest absolute Gasteiger partial charge is 0.373 e. The van der Waals surface area contributed by atoms with Gasteiger partial charge in [0.2, 0.25) is 21.3 Å². The van der Waals surface area contributed by atoms with E-state index < -0.39 is 22.1 Å². The zero-order valence-corrected chi connectivity index (χ0v) is 18.3. The number of fused-ring (bicyclic) bond motifs is 1. The van der Waals surface area contributed by atoms with Gasteiger partial charge in [-0.3, -0.25) is 9.69 Å². The lowest BCUT2D eigenvalue weighted by Crippen LogP contribution is -2.54. The first-order chi connectivity index (χ1) is 14.7. The van der Waals surface area contributed by atoms with Crippen LogP contribution in [0.1, 0.15) is 28.9 Å². The molecule has 1 saturated carbocycles. The third-order valence-corrected chi connectivity index (χ3v) is 7.22. The van der Waals surface area contributed by atoms with Gasteiger partial charge in [-0.1, -0.05) is 11.8 Å². The first-order valence-corrected chi connectivity index (χ1v) is 11.5. The number of nitrogens with zero attached hydrogens (tertiary/aromatic N) is 5. The molecule has 10 nitrogen and oxygen atoms in total. The van der Waals surface area contributed by atoms with Crippen molar-refractivity contribution in [3.05, 3.63) is 29.6 Å². The Balaban J connectivity index is 1.68. The number of anilines is 2. The predicted octanol–water partition coefficient (Wildman–Crippen LogP) is 0.260. The number of amides is 1. The summed E-state index contributed by atoms with van der Waals surface area (Å²) in [5, 5.41) is 13.4. The van der Waals surface area contributed by atoms with Gasteiger partial charge in [-0.2, -0.15) is 4.98 Å². The van der Waals surface area contributed by atoms with Crippen LogP contribution in [0.2, 0.25) is 0 Å². The molecule has 1 fully saturated rings. The van der Waals surface area contributed by atoms with Crippen LogP contribution in [0.3, 0.4) is 0 Å². The standard InChI is InChI=1S/C20H24N6O4S/c1-21-15-11-13(8-9-22-15)5-4-10-26-17-16(18(27)25(3)20(26)28)24(2)19(23-17)31(29,30)12-14-6-7-14/h8-9,11,14,20,28H,6-7,10,12H2,1-3H3,(H,21,22). The number of nitrogens with one attached hydrogen (secondary N) is 1. The van der Waals surface area contributed by atoms with Crippen molar-refractivity contribution in [1.29, 1.82) is 0 Å². The zero-order chi connectivity index (χ0) is 22.3. The molecular weight excluding hydrogens is 420 g/mol. The number of carbonyl (C=O) groups is 1. The van der Waals surface area contributed by atoms with Gasteiger partial charge in [0.25, 0.3) is 5.91 Å². The van der Waals surface area contributed by atoms with Crippen LogP contribution in [0.25, 0.3) is 0 Å². The summed E-state index contributed by atoms with van der Waals surface area (Å²) in [5.74, 6) is 6.41. The van der Waals surface area contributed by atoms with E-state index in [9.17, 15) is 18.3 Å². The summed E-state index contributed by atoms with van der Waals surface area (Å²) in [6.07, 6.45) is 2.09. The fourth-order valence-electron chi connectivity index (χ4n) is 3.47. The summed E-state index contributed by atoms with van der Waals surface area (Å²) < 4.78 is 27.0. The van der Waals surface area contributed by atoms with Gasteiger partial charge in [-0.15, -0.1) is 0 Å². The van der Waals surface area contributed by atoms with Crippen LogP contribution >= 0.6 is 0 Å². The van der Waals surface area contributed by atoms with E-state index in [1.807, 2.05) is 0 Å². The van der Waals surface area contributed by atoms with Crippen molar-refractivity contribution < 1.29 is 18.3 Å². The molecule has 2 aliphatic rings. The van der Waals surface area contributed by atoms with E-state index in [4.69, 9.17) is 0 Å². The SMILES string of the molecule is CNc1cc(C#CCN2c3nc(S(=O)(=O)CC4CC4)n(C)c3C(=O)N(C)C2O)ccn1. The fraction of sp³-hybridized carbons (Fsp3) is 0.450. The minimum Gasteiger partial charge on any atom is -0.373 e.